The van der Waals surface area contributed by atoms with Crippen molar-refractivity contribution in [3.05, 3.63) is 0 Å². The fourth-order valence-electron chi connectivity index (χ4n) is 1.64. The van der Waals surface area contributed by atoms with Crippen molar-refractivity contribution >= 4 is 5.97 Å². The molecule has 0 bridgehead atoms. The SMILES string of the molecule is NCC1(OCC(=O)O)CCCC1. The van der Waals surface area contributed by atoms with Crippen molar-refractivity contribution in [3.8, 4) is 0 Å². The lowest BCUT2D eigenvalue weighted by atomic mass is 10.0. The highest BCUT2D eigenvalue weighted by Gasteiger charge is 2.33. The first-order chi connectivity index (χ1) is 5.68. The number of carboxylic acid groups (broad SMARTS) is 1. The second kappa shape index (κ2) is 3.87. The number of ether oxygens (including phenoxy) is 1. The minimum absolute atomic E-state index is 0.225. The smallest absolute Gasteiger partial charge is 0.329 e. The van der Waals surface area contributed by atoms with Crippen molar-refractivity contribution in [1.82, 2.24) is 0 Å². The summed E-state index contributed by atoms with van der Waals surface area (Å²) in [6.07, 6.45) is 3.99. The topological polar surface area (TPSA) is 72.5 Å². The summed E-state index contributed by atoms with van der Waals surface area (Å²) in [5.41, 5.74) is 5.20. The van der Waals surface area contributed by atoms with Gasteiger partial charge in [0.2, 0.25) is 0 Å². The van der Waals surface area contributed by atoms with Gasteiger partial charge in [-0.3, -0.25) is 0 Å². The number of rotatable bonds is 4. The molecule has 0 spiro atoms. The van der Waals surface area contributed by atoms with E-state index in [9.17, 15) is 4.79 Å². The quantitative estimate of drug-likeness (QED) is 0.643. The van der Waals surface area contributed by atoms with Crippen LogP contribution in [0.15, 0.2) is 0 Å². The molecule has 1 aliphatic rings. The summed E-state index contributed by atoms with van der Waals surface area (Å²) in [5, 5.41) is 8.42. The van der Waals surface area contributed by atoms with Crippen LogP contribution in [0.3, 0.4) is 0 Å². The third kappa shape index (κ3) is 2.19. The van der Waals surface area contributed by atoms with Crippen LogP contribution >= 0.6 is 0 Å². The first-order valence-electron chi connectivity index (χ1n) is 4.24. The molecular weight excluding hydrogens is 158 g/mol. The minimum atomic E-state index is -0.922. The van der Waals surface area contributed by atoms with Crippen LogP contribution < -0.4 is 5.73 Å². The lowest BCUT2D eigenvalue weighted by Gasteiger charge is -2.26. The van der Waals surface area contributed by atoms with Crippen LogP contribution in [0.4, 0.5) is 0 Å². The second-order valence-corrected chi connectivity index (χ2v) is 3.28. The monoisotopic (exact) mass is 173 g/mol. The average Bonchev–Trinajstić information content (AvgIpc) is 2.50. The Morgan fingerprint density at radius 3 is 2.50 bits per heavy atom. The van der Waals surface area contributed by atoms with E-state index in [1.54, 1.807) is 0 Å². The van der Waals surface area contributed by atoms with Crippen molar-refractivity contribution in [2.24, 2.45) is 5.73 Å². The number of hydrogen-bond acceptors (Lipinski definition) is 3. The van der Waals surface area contributed by atoms with Gasteiger partial charge >= 0.3 is 5.97 Å². The molecule has 1 rings (SSSR count). The largest absolute Gasteiger partial charge is 0.480 e. The van der Waals surface area contributed by atoms with Gasteiger partial charge in [-0.05, 0) is 12.8 Å². The zero-order valence-electron chi connectivity index (χ0n) is 7.08. The Labute approximate surface area is 71.7 Å². The summed E-state index contributed by atoms with van der Waals surface area (Å²) in [4.78, 5) is 10.2. The van der Waals surface area contributed by atoms with Gasteiger partial charge in [0.15, 0.2) is 0 Å². The number of hydrogen-bond donors (Lipinski definition) is 2. The van der Waals surface area contributed by atoms with E-state index in [4.69, 9.17) is 15.6 Å². The van der Waals surface area contributed by atoms with E-state index in [0.29, 0.717) is 6.54 Å². The molecule has 0 atom stereocenters. The first-order valence-corrected chi connectivity index (χ1v) is 4.24. The summed E-state index contributed by atoms with van der Waals surface area (Å²) in [5.74, 6) is -0.922. The summed E-state index contributed by atoms with van der Waals surface area (Å²) in [6, 6.07) is 0. The zero-order chi connectivity index (χ0) is 9.03. The van der Waals surface area contributed by atoms with Crippen LogP contribution in [-0.2, 0) is 9.53 Å². The fourth-order valence-corrected chi connectivity index (χ4v) is 1.64. The maximum atomic E-state index is 10.2. The van der Waals surface area contributed by atoms with Gasteiger partial charge in [0.25, 0.3) is 0 Å². The number of carbonyl (C=O) groups is 1. The van der Waals surface area contributed by atoms with Crippen LogP contribution in [0.1, 0.15) is 25.7 Å². The molecule has 0 aliphatic heterocycles. The van der Waals surface area contributed by atoms with Gasteiger partial charge in [-0.15, -0.1) is 0 Å². The predicted octanol–water partition coefficient (Wildman–Crippen LogP) is 0.359. The van der Waals surface area contributed by atoms with Crippen LogP contribution in [0.25, 0.3) is 0 Å². The first kappa shape index (κ1) is 9.48. The van der Waals surface area contributed by atoms with Crippen molar-refractivity contribution in [2.45, 2.75) is 31.3 Å². The lowest BCUT2D eigenvalue weighted by molar-refractivity contribution is -0.149. The normalized spacial score (nSPS) is 21.1. The highest BCUT2D eigenvalue weighted by molar-refractivity contribution is 5.68. The third-order valence-corrected chi connectivity index (χ3v) is 2.39. The Morgan fingerprint density at radius 2 is 2.08 bits per heavy atom. The van der Waals surface area contributed by atoms with Crippen molar-refractivity contribution in [3.63, 3.8) is 0 Å². The Morgan fingerprint density at radius 1 is 1.50 bits per heavy atom. The van der Waals surface area contributed by atoms with E-state index in [1.807, 2.05) is 0 Å². The van der Waals surface area contributed by atoms with Crippen molar-refractivity contribution < 1.29 is 14.6 Å². The summed E-state index contributed by atoms with van der Waals surface area (Å²) in [6.45, 7) is 0.206. The van der Waals surface area contributed by atoms with Crippen molar-refractivity contribution in [1.29, 1.82) is 0 Å². The summed E-state index contributed by atoms with van der Waals surface area (Å²) in [7, 11) is 0. The maximum Gasteiger partial charge on any atom is 0.329 e. The maximum absolute atomic E-state index is 10.2. The fraction of sp³-hybridized carbons (Fsp3) is 0.875. The predicted molar refractivity (Wildman–Crippen MR) is 43.8 cm³/mol. The van der Waals surface area contributed by atoms with Gasteiger partial charge in [0.05, 0.1) is 5.60 Å². The number of carboxylic acids is 1. The highest BCUT2D eigenvalue weighted by atomic mass is 16.5. The number of aliphatic carboxylic acids is 1. The zero-order valence-corrected chi connectivity index (χ0v) is 7.08. The molecule has 4 nitrogen and oxygen atoms in total. The van der Waals surface area contributed by atoms with E-state index in [2.05, 4.69) is 0 Å². The molecule has 1 fully saturated rings. The molecule has 0 heterocycles. The van der Waals surface area contributed by atoms with Crippen LogP contribution in [0.5, 0.6) is 0 Å². The lowest BCUT2D eigenvalue weighted by Crippen LogP contribution is -2.39. The van der Waals surface area contributed by atoms with Gasteiger partial charge in [0.1, 0.15) is 6.61 Å². The Kier molecular flexibility index (Phi) is 3.05. The van der Waals surface area contributed by atoms with Gasteiger partial charge in [-0.25, -0.2) is 4.79 Å². The molecule has 1 saturated carbocycles. The van der Waals surface area contributed by atoms with E-state index < -0.39 is 5.97 Å². The molecule has 3 N–H and O–H groups in total. The Hall–Kier alpha value is -0.610. The van der Waals surface area contributed by atoms with E-state index in [1.165, 1.54) is 0 Å². The molecule has 4 heteroatoms. The van der Waals surface area contributed by atoms with E-state index in [-0.39, 0.29) is 12.2 Å². The Balaban J connectivity index is 2.39. The second-order valence-electron chi connectivity index (χ2n) is 3.28. The summed E-state index contributed by atoms with van der Waals surface area (Å²) < 4.78 is 5.28. The van der Waals surface area contributed by atoms with E-state index >= 15 is 0 Å². The molecule has 0 amide bonds. The number of nitrogens with two attached hydrogens (primary N) is 1. The van der Waals surface area contributed by atoms with Crippen LogP contribution in [0.2, 0.25) is 0 Å². The summed E-state index contributed by atoms with van der Waals surface area (Å²) >= 11 is 0. The van der Waals surface area contributed by atoms with Gasteiger partial charge in [-0.2, -0.15) is 0 Å². The van der Waals surface area contributed by atoms with Gasteiger partial charge in [0, 0.05) is 6.54 Å². The minimum Gasteiger partial charge on any atom is -0.480 e. The average molecular weight is 173 g/mol. The molecule has 0 aromatic rings. The van der Waals surface area contributed by atoms with Gasteiger partial charge < -0.3 is 15.6 Å². The molecule has 70 valence electrons. The van der Waals surface area contributed by atoms with Crippen LogP contribution in [0, 0.1) is 0 Å². The molecule has 0 saturated heterocycles. The Bertz CT molecular complexity index is 164. The molecule has 0 unspecified atom stereocenters. The molecule has 0 radical (unpaired) electrons. The molecule has 1 aliphatic carbocycles. The highest BCUT2D eigenvalue weighted by Crippen LogP contribution is 2.31. The molecular formula is C8H15NO3. The molecule has 0 aromatic heterocycles. The van der Waals surface area contributed by atoms with Crippen LogP contribution in [-0.4, -0.2) is 29.8 Å². The third-order valence-electron chi connectivity index (χ3n) is 2.39. The van der Waals surface area contributed by atoms with Crippen molar-refractivity contribution in [2.75, 3.05) is 13.2 Å². The standard InChI is InChI=1S/C8H15NO3/c9-6-8(3-1-2-4-8)12-5-7(10)11/h1-6,9H2,(H,10,11). The molecule has 12 heavy (non-hydrogen) atoms. The van der Waals surface area contributed by atoms with Gasteiger partial charge in [-0.1, -0.05) is 12.8 Å². The van der Waals surface area contributed by atoms with E-state index in [0.717, 1.165) is 25.7 Å². The molecule has 0 aromatic carbocycles.